The molecule has 0 bridgehead atoms. The first-order valence-corrected chi connectivity index (χ1v) is 8.03. The molecule has 1 spiro atoms. The van der Waals surface area contributed by atoms with Crippen LogP contribution < -0.4 is 5.32 Å². The molecule has 1 nitrogen and oxygen atoms in total. The van der Waals surface area contributed by atoms with Gasteiger partial charge in [-0.1, -0.05) is 49.6 Å². The average molecular weight is 257 g/mol. The minimum Gasteiger partial charge on any atom is -0.316 e. The van der Waals surface area contributed by atoms with Crippen molar-refractivity contribution in [2.45, 2.75) is 51.9 Å². The summed E-state index contributed by atoms with van der Waals surface area (Å²) in [6.45, 7) is 6.98. The lowest BCUT2D eigenvalue weighted by Crippen LogP contribution is -2.45. The molecular formula is C18H27N. The average Bonchev–Trinajstić information content (AvgIpc) is 2.84. The summed E-state index contributed by atoms with van der Waals surface area (Å²) in [6.07, 6.45) is 7.10. The van der Waals surface area contributed by atoms with Crippen LogP contribution in [0, 0.1) is 18.3 Å². The molecule has 3 unspecified atom stereocenters. The first-order chi connectivity index (χ1) is 9.26. The van der Waals surface area contributed by atoms with E-state index in [1.165, 1.54) is 50.8 Å². The largest absolute Gasteiger partial charge is 0.316 e. The summed E-state index contributed by atoms with van der Waals surface area (Å²) in [7, 11) is 0. The lowest BCUT2D eigenvalue weighted by atomic mass is 9.61. The van der Waals surface area contributed by atoms with Crippen LogP contribution in [-0.2, 0) is 0 Å². The fourth-order valence-corrected chi connectivity index (χ4v) is 4.76. The van der Waals surface area contributed by atoms with Gasteiger partial charge in [-0.2, -0.15) is 0 Å². The van der Waals surface area contributed by atoms with Crippen molar-refractivity contribution in [3.63, 3.8) is 0 Å². The molecule has 1 heterocycles. The van der Waals surface area contributed by atoms with E-state index in [9.17, 15) is 0 Å². The fourth-order valence-electron chi connectivity index (χ4n) is 4.76. The summed E-state index contributed by atoms with van der Waals surface area (Å²) in [4.78, 5) is 0. The Balaban J connectivity index is 1.94. The number of aryl methyl sites for hydroxylation is 1. The highest BCUT2D eigenvalue weighted by molar-refractivity contribution is 5.28. The van der Waals surface area contributed by atoms with E-state index < -0.39 is 0 Å². The Morgan fingerprint density at radius 3 is 2.74 bits per heavy atom. The molecule has 2 fully saturated rings. The second kappa shape index (κ2) is 5.28. The number of hydrogen-bond donors (Lipinski definition) is 1. The standard InChI is InChI=1S/C18H27N/c1-3-16-5-4-10-18(16)11-12-19-13-17(18)15-8-6-14(2)7-9-15/h6-9,16-17,19H,3-5,10-13H2,1-2H3. The Morgan fingerprint density at radius 2 is 2.00 bits per heavy atom. The Labute approximate surface area is 117 Å². The highest BCUT2D eigenvalue weighted by Crippen LogP contribution is 2.56. The molecule has 1 aromatic rings. The summed E-state index contributed by atoms with van der Waals surface area (Å²) in [5, 5.41) is 3.64. The van der Waals surface area contributed by atoms with E-state index in [0.29, 0.717) is 5.41 Å². The topological polar surface area (TPSA) is 12.0 Å². The molecule has 0 aromatic heterocycles. The summed E-state index contributed by atoms with van der Waals surface area (Å²) in [5.74, 6) is 1.68. The van der Waals surface area contributed by atoms with Gasteiger partial charge in [0.2, 0.25) is 0 Å². The molecule has 0 radical (unpaired) electrons. The van der Waals surface area contributed by atoms with E-state index in [4.69, 9.17) is 0 Å². The molecule has 0 amide bonds. The van der Waals surface area contributed by atoms with Gasteiger partial charge in [-0.3, -0.25) is 0 Å². The number of nitrogens with one attached hydrogen (secondary N) is 1. The predicted octanol–water partition coefficient (Wildman–Crippen LogP) is 4.27. The van der Waals surface area contributed by atoms with E-state index in [1.807, 2.05) is 0 Å². The van der Waals surface area contributed by atoms with Gasteiger partial charge >= 0.3 is 0 Å². The second-order valence-electron chi connectivity index (χ2n) is 6.65. The van der Waals surface area contributed by atoms with E-state index in [1.54, 1.807) is 5.56 Å². The zero-order valence-electron chi connectivity index (χ0n) is 12.4. The van der Waals surface area contributed by atoms with Gasteiger partial charge in [-0.05, 0) is 49.6 Å². The number of piperidine rings is 1. The van der Waals surface area contributed by atoms with Crippen molar-refractivity contribution in [2.75, 3.05) is 13.1 Å². The van der Waals surface area contributed by atoms with Crippen LogP contribution in [0.1, 0.15) is 56.1 Å². The highest BCUT2D eigenvalue weighted by Gasteiger charge is 2.48. The van der Waals surface area contributed by atoms with Gasteiger partial charge < -0.3 is 5.32 Å². The molecule has 3 atom stereocenters. The molecule has 3 rings (SSSR count). The number of rotatable bonds is 2. The Kier molecular flexibility index (Phi) is 3.66. The molecule has 19 heavy (non-hydrogen) atoms. The van der Waals surface area contributed by atoms with Gasteiger partial charge in [-0.15, -0.1) is 0 Å². The summed E-state index contributed by atoms with van der Waals surface area (Å²) < 4.78 is 0. The van der Waals surface area contributed by atoms with Crippen molar-refractivity contribution in [1.82, 2.24) is 5.32 Å². The molecule has 1 aromatic carbocycles. The van der Waals surface area contributed by atoms with Gasteiger partial charge in [0.25, 0.3) is 0 Å². The fraction of sp³-hybridized carbons (Fsp3) is 0.667. The quantitative estimate of drug-likeness (QED) is 0.834. The third-order valence-electron chi connectivity index (χ3n) is 5.79. The molecule has 1 aliphatic heterocycles. The minimum atomic E-state index is 0.593. The molecule has 104 valence electrons. The van der Waals surface area contributed by atoms with E-state index in [-0.39, 0.29) is 0 Å². The zero-order chi connectivity index (χ0) is 13.3. The Hall–Kier alpha value is -0.820. The second-order valence-corrected chi connectivity index (χ2v) is 6.65. The third-order valence-corrected chi connectivity index (χ3v) is 5.79. The van der Waals surface area contributed by atoms with E-state index >= 15 is 0 Å². The molecule has 1 aliphatic carbocycles. The third kappa shape index (κ3) is 2.23. The summed E-state index contributed by atoms with van der Waals surface area (Å²) in [5.41, 5.74) is 3.54. The predicted molar refractivity (Wildman–Crippen MR) is 81.5 cm³/mol. The molecule has 2 aliphatic rings. The van der Waals surface area contributed by atoms with Crippen molar-refractivity contribution in [3.05, 3.63) is 35.4 Å². The molecule has 1 N–H and O–H groups in total. The minimum absolute atomic E-state index is 0.593. The molecular weight excluding hydrogens is 230 g/mol. The first-order valence-electron chi connectivity index (χ1n) is 8.03. The van der Waals surface area contributed by atoms with Gasteiger partial charge in [0.15, 0.2) is 0 Å². The van der Waals surface area contributed by atoms with Gasteiger partial charge in [0, 0.05) is 12.5 Å². The normalized spacial score (nSPS) is 34.8. The number of hydrogen-bond acceptors (Lipinski definition) is 1. The SMILES string of the molecule is CCC1CCCC12CCNCC2c1ccc(C)cc1. The molecule has 1 heteroatoms. The van der Waals surface area contributed by atoms with E-state index in [2.05, 4.69) is 43.4 Å². The Bertz CT molecular complexity index is 422. The van der Waals surface area contributed by atoms with Gasteiger partial charge in [-0.25, -0.2) is 0 Å². The maximum atomic E-state index is 3.64. The first kappa shape index (κ1) is 13.2. The van der Waals surface area contributed by atoms with Crippen molar-refractivity contribution < 1.29 is 0 Å². The molecule has 1 saturated carbocycles. The van der Waals surface area contributed by atoms with Crippen molar-refractivity contribution >= 4 is 0 Å². The van der Waals surface area contributed by atoms with Crippen molar-refractivity contribution in [3.8, 4) is 0 Å². The Morgan fingerprint density at radius 1 is 1.21 bits per heavy atom. The highest BCUT2D eigenvalue weighted by atomic mass is 14.9. The lowest BCUT2D eigenvalue weighted by Gasteiger charge is -2.46. The monoisotopic (exact) mass is 257 g/mol. The molecule has 1 saturated heterocycles. The maximum absolute atomic E-state index is 3.64. The van der Waals surface area contributed by atoms with Crippen LogP contribution in [0.25, 0.3) is 0 Å². The van der Waals surface area contributed by atoms with Crippen molar-refractivity contribution in [1.29, 1.82) is 0 Å². The van der Waals surface area contributed by atoms with Crippen LogP contribution >= 0.6 is 0 Å². The van der Waals surface area contributed by atoms with Crippen LogP contribution in [0.15, 0.2) is 24.3 Å². The lowest BCUT2D eigenvalue weighted by molar-refractivity contribution is 0.103. The van der Waals surface area contributed by atoms with Crippen LogP contribution in [0.3, 0.4) is 0 Å². The number of benzene rings is 1. The van der Waals surface area contributed by atoms with Crippen LogP contribution in [-0.4, -0.2) is 13.1 Å². The van der Waals surface area contributed by atoms with Gasteiger partial charge in [0.05, 0.1) is 0 Å². The smallest absolute Gasteiger partial charge is 0.00256 e. The van der Waals surface area contributed by atoms with Gasteiger partial charge in [0.1, 0.15) is 0 Å². The van der Waals surface area contributed by atoms with Crippen LogP contribution in [0.2, 0.25) is 0 Å². The van der Waals surface area contributed by atoms with E-state index in [0.717, 1.165) is 11.8 Å². The van der Waals surface area contributed by atoms with Crippen molar-refractivity contribution in [2.24, 2.45) is 11.3 Å². The van der Waals surface area contributed by atoms with Crippen LogP contribution in [0.4, 0.5) is 0 Å². The maximum Gasteiger partial charge on any atom is 0.00256 e. The van der Waals surface area contributed by atoms with Crippen LogP contribution in [0.5, 0.6) is 0 Å². The summed E-state index contributed by atoms with van der Waals surface area (Å²) in [6, 6.07) is 9.32. The summed E-state index contributed by atoms with van der Waals surface area (Å²) >= 11 is 0. The zero-order valence-corrected chi connectivity index (χ0v) is 12.4.